The van der Waals surface area contributed by atoms with Gasteiger partial charge in [0.1, 0.15) is 0 Å². The highest BCUT2D eigenvalue weighted by molar-refractivity contribution is 5.76. The highest BCUT2D eigenvalue weighted by Gasteiger charge is 2.17. The van der Waals surface area contributed by atoms with Gasteiger partial charge in [0.25, 0.3) is 0 Å². The maximum absolute atomic E-state index is 11.6. The number of rotatable bonds is 4. The molecule has 2 rings (SSSR count). The number of H-pyrrole nitrogens is 1. The van der Waals surface area contributed by atoms with Crippen molar-refractivity contribution in [3.8, 4) is 5.69 Å². The summed E-state index contributed by atoms with van der Waals surface area (Å²) in [5, 5.41) is 9.03. The van der Waals surface area contributed by atoms with Crippen LogP contribution in [0.5, 0.6) is 0 Å². The maximum atomic E-state index is 11.6. The fraction of sp³-hybridized carbons (Fsp3) is 0.231. The van der Waals surface area contributed by atoms with Gasteiger partial charge in [-0.1, -0.05) is 12.1 Å². The van der Waals surface area contributed by atoms with Gasteiger partial charge in [0, 0.05) is 18.4 Å². The number of nitrogens with zero attached hydrogens (tertiary/aromatic N) is 1. The number of carbonyl (C=O) groups is 1. The van der Waals surface area contributed by atoms with E-state index in [0.29, 0.717) is 11.3 Å². The lowest BCUT2D eigenvalue weighted by Gasteiger charge is -2.11. The van der Waals surface area contributed by atoms with Gasteiger partial charge in [0.05, 0.1) is 11.6 Å². The number of nitrogens with two attached hydrogens (primary N) is 1. The molecule has 1 heterocycles. The summed E-state index contributed by atoms with van der Waals surface area (Å²) >= 11 is 0. The van der Waals surface area contributed by atoms with Gasteiger partial charge in [-0.05, 0) is 24.6 Å². The molecule has 4 N–H and O–H groups in total. The van der Waals surface area contributed by atoms with Crippen LogP contribution in [-0.2, 0) is 4.79 Å². The van der Waals surface area contributed by atoms with Crippen LogP contribution in [0.4, 0.5) is 0 Å². The lowest BCUT2D eigenvalue weighted by Crippen LogP contribution is -2.21. The van der Waals surface area contributed by atoms with Crippen LogP contribution in [0, 0.1) is 6.92 Å². The van der Waals surface area contributed by atoms with Crippen molar-refractivity contribution in [2.24, 2.45) is 5.73 Å². The van der Waals surface area contributed by atoms with E-state index in [-0.39, 0.29) is 12.2 Å². The second-order valence-corrected chi connectivity index (χ2v) is 4.29. The van der Waals surface area contributed by atoms with E-state index < -0.39 is 11.9 Å². The number of aryl methyl sites for hydroxylation is 1. The zero-order valence-corrected chi connectivity index (χ0v) is 10.5. The molecule has 1 aromatic carbocycles. The van der Waals surface area contributed by atoms with Crippen molar-refractivity contribution in [1.82, 2.24) is 9.55 Å². The number of carboxylic acids is 1. The monoisotopic (exact) mass is 261 g/mol. The molecule has 1 aromatic heterocycles. The average Bonchev–Trinajstić information content (AvgIpc) is 2.71. The first-order valence-electron chi connectivity index (χ1n) is 5.85. The number of carboxylic acid groups (broad SMARTS) is 1. The Morgan fingerprint density at radius 2 is 2.05 bits per heavy atom. The second-order valence-electron chi connectivity index (χ2n) is 4.29. The van der Waals surface area contributed by atoms with Crippen LogP contribution in [0.25, 0.3) is 5.69 Å². The Hall–Kier alpha value is -2.34. The first-order valence-corrected chi connectivity index (χ1v) is 5.85. The summed E-state index contributed by atoms with van der Waals surface area (Å²) in [6.07, 6.45) is 1.62. The van der Waals surface area contributed by atoms with Crippen LogP contribution in [0.2, 0.25) is 0 Å². The number of benzene rings is 1. The Kier molecular flexibility index (Phi) is 3.52. The highest BCUT2D eigenvalue weighted by atomic mass is 16.4. The molecule has 0 fully saturated rings. The third-order valence-electron chi connectivity index (χ3n) is 3.05. The molecule has 6 nitrogen and oxygen atoms in total. The van der Waals surface area contributed by atoms with E-state index in [4.69, 9.17) is 10.8 Å². The average molecular weight is 261 g/mol. The van der Waals surface area contributed by atoms with Crippen molar-refractivity contribution >= 4 is 5.97 Å². The van der Waals surface area contributed by atoms with Gasteiger partial charge in [-0.2, -0.15) is 0 Å². The minimum Gasteiger partial charge on any atom is -0.481 e. The van der Waals surface area contributed by atoms with Gasteiger partial charge in [-0.25, -0.2) is 4.79 Å². The number of hydrogen-bond donors (Lipinski definition) is 3. The fourth-order valence-electron chi connectivity index (χ4n) is 2.01. The summed E-state index contributed by atoms with van der Waals surface area (Å²) < 4.78 is 1.52. The van der Waals surface area contributed by atoms with Gasteiger partial charge in [0.2, 0.25) is 0 Å². The van der Waals surface area contributed by atoms with Crippen molar-refractivity contribution in [3.63, 3.8) is 0 Å². The van der Waals surface area contributed by atoms with Crippen molar-refractivity contribution in [3.05, 3.63) is 52.2 Å². The zero-order chi connectivity index (χ0) is 14.0. The number of imidazole rings is 1. The molecule has 0 amide bonds. The van der Waals surface area contributed by atoms with E-state index in [2.05, 4.69) is 4.98 Å². The van der Waals surface area contributed by atoms with Crippen molar-refractivity contribution in [1.29, 1.82) is 0 Å². The van der Waals surface area contributed by atoms with E-state index in [0.717, 1.165) is 5.69 Å². The molecule has 6 heteroatoms. The molecule has 0 spiro atoms. The van der Waals surface area contributed by atoms with Crippen molar-refractivity contribution in [2.75, 3.05) is 6.54 Å². The molecule has 0 aliphatic rings. The smallest absolute Gasteiger partial charge is 0.330 e. The van der Waals surface area contributed by atoms with E-state index in [1.165, 1.54) is 4.57 Å². The molecule has 100 valence electrons. The maximum Gasteiger partial charge on any atom is 0.330 e. The van der Waals surface area contributed by atoms with Crippen LogP contribution in [0.1, 0.15) is 17.2 Å². The second kappa shape index (κ2) is 5.11. The Morgan fingerprint density at radius 3 is 2.47 bits per heavy atom. The molecule has 2 aromatic rings. The van der Waals surface area contributed by atoms with E-state index in [1.54, 1.807) is 30.5 Å². The molecular weight excluding hydrogens is 246 g/mol. The predicted molar refractivity (Wildman–Crippen MR) is 70.6 cm³/mol. The van der Waals surface area contributed by atoms with Crippen LogP contribution >= 0.6 is 0 Å². The van der Waals surface area contributed by atoms with Crippen LogP contribution in [0.15, 0.2) is 35.3 Å². The van der Waals surface area contributed by atoms with Gasteiger partial charge < -0.3 is 15.8 Å². The number of nitrogens with one attached hydrogen (secondary N) is 1. The quantitative estimate of drug-likeness (QED) is 0.750. The molecule has 0 radical (unpaired) electrons. The predicted octanol–water partition coefficient (Wildman–Crippen LogP) is 0.601. The summed E-state index contributed by atoms with van der Waals surface area (Å²) in [7, 11) is 0. The summed E-state index contributed by atoms with van der Waals surface area (Å²) in [6, 6.07) is 6.78. The SMILES string of the molecule is Cc1c[nH]c(=O)n1-c1ccc(C(CN)C(=O)O)cc1. The van der Waals surface area contributed by atoms with Gasteiger partial charge in [0.15, 0.2) is 0 Å². The zero-order valence-electron chi connectivity index (χ0n) is 10.5. The van der Waals surface area contributed by atoms with E-state index in [9.17, 15) is 9.59 Å². The number of aliphatic carboxylic acids is 1. The third kappa shape index (κ3) is 2.43. The lowest BCUT2D eigenvalue weighted by molar-refractivity contribution is -0.138. The van der Waals surface area contributed by atoms with Gasteiger partial charge >= 0.3 is 11.7 Å². The molecule has 0 aliphatic carbocycles. The van der Waals surface area contributed by atoms with Crippen LogP contribution < -0.4 is 11.4 Å². The Balaban J connectivity index is 2.39. The topological polar surface area (TPSA) is 101 Å². The Morgan fingerprint density at radius 1 is 1.42 bits per heavy atom. The molecule has 0 saturated carbocycles. The molecule has 0 aliphatic heterocycles. The number of aromatic nitrogens is 2. The minimum atomic E-state index is -0.953. The number of hydrogen-bond acceptors (Lipinski definition) is 3. The first kappa shape index (κ1) is 13.1. The summed E-state index contributed by atoms with van der Waals surface area (Å²) in [5.41, 5.74) is 7.32. The summed E-state index contributed by atoms with van der Waals surface area (Å²) in [6.45, 7) is 1.85. The van der Waals surface area contributed by atoms with E-state index in [1.807, 2.05) is 6.92 Å². The largest absolute Gasteiger partial charge is 0.481 e. The third-order valence-corrected chi connectivity index (χ3v) is 3.05. The Labute approximate surface area is 109 Å². The highest BCUT2D eigenvalue weighted by Crippen LogP contribution is 2.17. The van der Waals surface area contributed by atoms with E-state index >= 15 is 0 Å². The molecule has 19 heavy (non-hydrogen) atoms. The molecule has 0 saturated heterocycles. The molecule has 1 atom stereocenters. The van der Waals surface area contributed by atoms with Crippen LogP contribution in [0.3, 0.4) is 0 Å². The summed E-state index contributed by atoms with van der Waals surface area (Å²) in [4.78, 5) is 25.2. The molecule has 1 unspecified atom stereocenters. The van der Waals surface area contributed by atoms with Gasteiger partial charge in [-0.3, -0.25) is 9.36 Å². The normalized spacial score (nSPS) is 12.3. The van der Waals surface area contributed by atoms with Gasteiger partial charge in [-0.15, -0.1) is 0 Å². The fourth-order valence-corrected chi connectivity index (χ4v) is 2.01. The summed E-state index contributed by atoms with van der Waals surface area (Å²) in [5.74, 6) is -1.68. The standard InChI is InChI=1S/C13H15N3O3/c1-8-7-15-13(19)16(8)10-4-2-9(3-5-10)11(6-14)12(17)18/h2-5,7,11H,6,14H2,1H3,(H,15,19)(H,17,18). The first-order chi connectivity index (χ1) is 9.04. The van der Waals surface area contributed by atoms with Crippen molar-refractivity contribution in [2.45, 2.75) is 12.8 Å². The lowest BCUT2D eigenvalue weighted by atomic mass is 9.99. The number of aromatic amines is 1. The Bertz CT molecular complexity index is 640. The molecular formula is C13H15N3O3. The minimum absolute atomic E-state index is 0.0395. The van der Waals surface area contributed by atoms with Crippen molar-refractivity contribution < 1.29 is 9.90 Å². The van der Waals surface area contributed by atoms with Crippen LogP contribution in [-0.4, -0.2) is 27.2 Å². The molecule has 0 bridgehead atoms.